The Balaban J connectivity index is 1.64. The largest absolute Gasteiger partial charge is 0.374 e. The van der Waals surface area contributed by atoms with Crippen LogP contribution in [0.15, 0.2) is 64.5 Å². The quantitative estimate of drug-likeness (QED) is 0.410. The van der Waals surface area contributed by atoms with Crippen molar-refractivity contribution >= 4 is 17.3 Å². The van der Waals surface area contributed by atoms with Crippen molar-refractivity contribution in [3.05, 3.63) is 87.3 Å². The first-order chi connectivity index (χ1) is 19.9. The first-order valence-electron chi connectivity index (χ1n) is 13.9. The van der Waals surface area contributed by atoms with Crippen LogP contribution in [-0.4, -0.2) is 57.4 Å². The Labute approximate surface area is 245 Å². The van der Waals surface area contributed by atoms with Crippen molar-refractivity contribution in [2.75, 3.05) is 37.4 Å². The van der Waals surface area contributed by atoms with Crippen LogP contribution in [0, 0.1) is 5.82 Å². The molecule has 1 aromatic carbocycles. The molecule has 0 spiro atoms. The van der Waals surface area contributed by atoms with Gasteiger partial charge < -0.3 is 20.3 Å². The van der Waals surface area contributed by atoms with Crippen molar-refractivity contribution in [1.82, 2.24) is 24.6 Å². The SMILES string of the molecule is CCC(C)=C(/C=C1/COCCN1C)Nc1cc(-c2ccc(F)c(NC(=O)c3cnc(C(C)(C)C)cn3)c2)nn(C)c1=O. The van der Waals surface area contributed by atoms with Gasteiger partial charge in [-0.25, -0.2) is 14.1 Å². The van der Waals surface area contributed by atoms with E-state index in [1.54, 1.807) is 25.4 Å². The van der Waals surface area contributed by atoms with Gasteiger partial charge in [0, 0.05) is 49.2 Å². The minimum Gasteiger partial charge on any atom is -0.374 e. The van der Waals surface area contributed by atoms with Crippen LogP contribution < -0.4 is 16.2 Å². The van der Waals surface area contributed by atoms with Gasteiger partial charge in [-0.1, -0.05) is 33.3 Å². The number of likely N-dealkylation sites (N-methyl/N-ethyl adjacent to an activating group) is 1. The summed E-state index contributed by atoms with van der Waals surface area (Å²) in [5.74, 6) is -1.21. The summed E-state index contributed by atoms with van der Waals surface area (Å²) in [7, 11) is 3.57. The topological polar surface area (TPSA) is 114 Å². The fraction of sp³-hybridized carbons (Fsp3) is 0.387. The molecule has 0 unspecified atom stereocenters. The van der Waals surface area contributed by atoms with Gasteiger partial charge in [0.2, 0.25) is 0 Å². The Morgan fingerprint density at radius 3 is 2.52 bits per heavy atom. The second-order valence-corrected chi connectivity index (χ2v) is 11.3. The summed E-state index contributed by atoms with van der Waals surface area (Å²) in [5.41, 5.74) is 4.31. The van der Waals surface area contributed by atoms with E-state index < -0.39 is 11.7 Å². The molecule has 1 aliphatic heterocycles. The Kier molecular flexibility index (Phi) is 9.20. The zero-order valence-corrected chi connectivity index (χ0v) is 25.2. The minimum atomic E-state index is -0.622. The van der Waals surface area contributed by atoms with Crippen LogP contribution in [0.3, 0.4) is 0 Å². The van der Waals surface area contributed by atoms with Crippen molar-refractivity contribution in [2.24, 2.45) is 7.05 Å². The maximum Gasteiger partial charge on any atom is 0.290 e. The number of hydrogen-bond donors (Lipinski definition) is 2. The lowest BCUT2D eigenvalue weighted by Crippen LogP contribution is -2.31. The minimum absolute atomic E-state index is 0.0446. The molecule has 1 fully saturated rings. The molecule has 3 aromatic rings. The first-order valence-corrected chi connectivity index (χ1v) is 13.9. The van der Waals surface area contributed by atoms with Gasteiger partial charge in [-0.3, -0.25) is 14.6 Å². The van der Waals surface area contributed by atoms with Crippen molar-refractivity contribution in [3.63, 3.8) is 0 Å². The predicted octanol–water partition coefficient (Wildman–Crippen LogP) is 4.87. The van der Waals surface area contributed by atoms with E-state index in [0.717, 1.165) is 35.6 Å². The number of hydrogen-bond acceptors (Lipinski definition) is 8. The molecule has 0 aliphatic carbocycles. The Hall–Kier alpha value is -4.38. The lowest BCUT2D eigenvalue weighted by atomic mass is 9.93. The van der Waals surface area contributed by atoms with Gasteiger partial charge in [-0.2, -0.15) is 5.10 Å². The van der Waals surface area contributed by atoms with E-state index in [-0.39, 0.29) is 22.4 Å². The monoisotopic (exact) mass is 575 g/mol. The number of aromatic nitrogens is 4. The van der Waals surface area contributed by atoms with Crippen LogP contribution in [0.4, 0.5) is 15.8 Å². The summed E-state index contributed by atoms with van der Waals surface area (Å²) < 4.78 is 21.7. The average molecular weight is 576 g/mol. The molecular formula is C31H38FN7O3. The molecule has 222 valence electrons. The smallest absolute Gasteiger partial charge is 0.290 e. The van der Waals surface area contributed by atoms with E-state index in [4.69, 9.17) is 4.74 Å². The number of carbonyl (C=O) groups is 1. The third-order valence-corrected chi connectivity index (χ3v) is 7.11. The number of nitrogens with zero attached hydrogens (tertiary/aromatic N) is 5. The second-order valence-electron chi connectivity index (χ2n) is 11.3. The standard InChI is InChI=1S/C31H38FN7O3/c1-8-19(2)23(14-21-18-42-12-11-38(21)6)35-26-15-24(37-39(7)30(26)41)20-9-10-22(32)25(13-20)36-29(40)27-16-34-28(17-33-27)31(3,4)5/h9-10,13-17,35H,8,11-12,18H2,1-7H3,(H,36,40)/b21-14-,23-19?. The van der Waals surface area contributed by atoms with Gasteiger partial charge in [0.15, 0.2) is 0 Å². The molecule has 42 heavy (non-hydrogen) atoms. The van der Waals surface area contributed by atoms with Crippen LogP contribution in [0.5, 0.6) is 0 Å². The number of amides is 1. The third kappa shape index (κ3) is 7.09. The van der Waals surface area contributed by atoms with Crippen molar-refractivity contribution in [1.29, 1.82) is 0 Å². The molecule has 0 bridgehead atoms. The number of morpholine rings is 1. The van der Waals surface area contributed by atoms with Gasteiger partial charge in [-0.05, 0) is 43.7 Å². The maximum absolute atomic E-state index is 14.8. The highest BCUT2D eigenvalue weighted by Gasteiger charge is 2.19. The third-order valence-electron chi connectivity index (χ3n) is 7.11. The molecule has 1 saturated heterocycles. The molecule has 0 atom stereocenters. The van der Waals surface area contributed by atoms with E-state index in [1.807, 2.05) is 47.7 Å². The predicted molar refractivity (Wildman–Crippen MR) is 162 cm³/mol. The summed E-state index contributed by atoms with van der Waals surface area (Å²) in [4.78, 5) is 36.6. The first kappa shape index (κ1) is 30.6. The lowest BCUT2D eigenvalue weighted by Gasteiger charge is -2.28. The zero-order chi connectivity index (χ0) is 30.6. The number of rotatable bonds is 7. The normalized spacial score (nSPS) is 15.4. The lowest BCUT2D eigenvalue weighted by molar-refractivity contribution is 0.0842. The number of allylic oxidation sites excluding steroid dienone is 2. The molecule has 0 radical (unpaired) electrons. The summed E-state index contributed by atoms with van der Waals surface area (Å²) in [6.07, 6.45) is 5.70. The van der Waals surface area contributed by atoms with Gasteiger partial charge in [0.05, 0.1) is 36.5 Å². The highest BCUT2D eigenvalue weighted by atomic mass is 19.1. The summed E-state index contributed by atoms with van der Waals surface area (Å²) in [5, 5.41) is 10.3. The van der Waals surface area contributed by atoms with Crippen LogP contribution >= 0.6 is 0 Å². The van der Waals surface area contributed by atoms with Crippen molar-refractivity contribution in [2.45, 2.75) is 46.5 Å². The van der Waals surface area contributed by atoms with E-state index in [0.29, 0.717) is 30.2 Å². The molecule has 10 nitrogen and oxygen atoms in total. The number of aryl methyl sites for hydroxylation is 1. The van der Waals surface area contributed by atoms with E-state index in [2.05, 4.69) is 30.6 Å². The number of nitrogens with one attached hydrogen (secondary N) is 2. The Bertz CT molecular complexity index is 1590. The molecule has 1 amide bonds. The second kappa shape index (κ2) is 12.6. The van der Waals surface area contributed by atoms with E-state index in [9.17, 15) is 14.0 Å². The Morgan fingerprint density at radius 2 is 1.88 bits per heavy atom. The number of carbonyl (C=O) groups excluding carboxylic acids is 1. The summed E-state index contributed by atoms with van der Waals surface area (Å²) >= 11 is 0. The van der Waals surface area contributed by atoms with Crippen LogP contribution in [0.2, 0.25) is 0 Å². The molecule has 3 heterocycles. The molecule has 1 aliphatic rings. The number of halogens is 1. The maximum atomic E-state index is 14.8. The van der Waals surface area contributed by atoms with Crippen molar-refractivity contribution < 1.29 is 13.9 Å². The number of benzene rings is 1. The fourth-order valence-corrected chi connectivity index (χ4v) is 4.19. The molecule has 2 N–H and O–H groups in total. The molecule has 11 heteroatoms. The molecule has 4 rings (SSSR count). The number of ether oxygens (including phenoxy) is 1. The van der Waals surface area contributed by atoms with Gasteiger partial charge in [0.25, 0.3) is 11.5 Å². The molecule has 2 aromatic heterocycles. The zero-order valence-electron chi connectivity index (χ0n) is 25.2. The van der Waals surface area contributed by atoms with Crippen LogP contribution in [0.1, 0.15) is 57.2 Å². The molecule has 0 saturated carbocycles. The summed E-state index contributed by atoms with van der Waals surface area (Å²) in [6, 6.07) is 5.89. The highest BCUT2D eigenvalue weighted by Crippen LogP contribution is 2.26. The van der Waals surface area contributed by atoms with E-state index >= 15 is 0 Å². The fourth-order valence-electron chi connectivity index (χ4n) is 4.19. The number of anilines is 2. The highest BCUT2D eigenvalue weighted by molar-refractivity contribution is 6.03. The van der Waals surface area contributed by atoms with E-state index in [1.165, 1.54) is 23.0 Å². The van der Waals surface area contributed by atoms with Gasteiger partial charge >= 0.3 is 0 Å². The van der Waals surface area contributed by atoms with Gasteiger partial charge in [-0.15, -0.1) is 0 Å². The van der Waals surface area contributed by atoms with Gasteiger partial charge in [0.1, 0.15) is 17.2 Å². The Morgan fingerprint density at radius 1 is 1.12 bits per heavy atom. The van der Waals surface area contributed by atoms with Crippen LogP contribution in [-0.2, 0) is 17.2 Å². The molecular weight excluding hydrogens is 537 g/mol. The van der Waals surface area contributed by atoms with Crippen molar-refractivity contribution in [3.8, 4) is 11.3 Å². The summed E-state index contributed by atoms with van der Waals surface area (Å²) in [6.45, 7) is 12.0. The average Bonchev–Trinajstić information content (AvgIpc) is 2.96. The van der Waals surface area contributed by atoms with Crippen LogP contribution in [0.25, 0.3) is 11.3 Å².